The third-order valence-corrected chi connectivity index (χ3v) is 5.38. The van der Waals surface area contributed by atoms with Crippen LogP contribution in [0.25, 0.3) is 0 Å². The van der Waals surface area contributed by atoms with Crippen LogP contribution in [0.4, 0.5) is 11.6 Å². The van der Waals surface area contributed by atoms with Crippen LogP contribution in [-0.2, 0) is 4.74 Å². The molecule has 1 saturated heterocycles. The van der Waals surface area contributed by atoms with Gasteiger partial charge in [-0.15, -0.1) is 0 Å². The summed E-state index contributed by atoms with van der Waals surface area (Å²) in [5, 5.41) is 7.98. The first-order valence-corrected chi connectivity index (χ1v) is 9.21. The van der Waals surface area contributed by atoms with E-state index in [1.54, 1.807) is 15.8 Å². The molecular formula is C17H16ClN7O2. The summed E-state index contributed by atoms with van der Waals surface area (Å²) in [4.78, 5) is 11.4. The monoisotopic (exact) mass is 385 g/mol. The third kappa shape index (κ3) is 2.18. The van der Waals surface area contributed by atoms with Gasteiger partial charge in [-0.25, -0.2) is 15.0 Å². The zero-order chi connectivity index (χ0) is 18.0. The number of rotatable bonds is 2. The van der Waals surface area contributed by atoms with Gasteiger partial charge in [-0.3, -0.25) is 4.42 Å². The van der Waals surface area contributed by atoms with Crippen molar-refractivity contribution in [2.24, 2.45) is 4.99 Å². The van der Waals surface area contributed by atoms with Crippen LogP contribution in [0, 0.1) is 0 Å². The molecule has 0 amide bonds. The Bertz CT molecular complexity index is 954. The summed E-state index contributed by atoms with van der Waals surface area (Å²) >= 11 is 6.29. The Hall–Kier alpha value is -2.78. The molecule has 4 aliphatic rings. The highest BCUT2D eigenvalue weighted by molar-refractivity contribution is 6.14. The average molecular weight is 386 g/mol. The number of hydrogen-bond donors (Lipinski definition) is 0. The number of aromatic nitrogens is 2. The van der Waals surface area contributed by atoms with Crippen molar-refractivity contribution in [2.75, 3.05) is 23.2 Å². The lowest BCUT2D eigenvalue weighted by molar-refractivity contribution is 0.0835. The van der Waals surface area contributed by atoms with Crippen LogP contribution in [0.3, 0.4) is 0 Å². The number of anilines is 2. The van der Waals surface area contributed by atoms with Crippen molar-refractivity contribution in [1.82, 2.24) is 19.6 Å². The van der Waals surface area contributed by atoms with Crippen LogP contribution in [0.5, 0.6) is 0 Å². The summed E-state index contributed by atoms with van der Waals surface area (Å²) < 4.78 is 12.7. The van der Waals surface area contributed by atoms with Gasteiger partial charge in [-0.1, -0.05) is 18.2 Å². The Balaban J connectivity index is 1.40. The number of ether oxygens (including phenoxy) is 1. The van der Waals surface area contributed by atoms with Gasteiger partial charge >= 0.3 is 0 Å². The van der Waals surface area contributed by atoms with E-state index in [-0.39, 0.29) is 12.3 Å². The van der Waals surface area contributed by atoms with E-state index in [0.29, 0.717) is 18.5 Å². The number of para-hydroxylation sites is 1. The minimum atomic E-state index is -0.198. The molecule has 0 bridgehead atoms. The molecule has 6 rings (SSSR count). The highest BCUT2D eigenvalue weighted by Gasteiger charge is 2.44. The molecule has 0 N–H and O–H groups in total. The summed E-state index contributed by atoms with van der Waals surface area (Å²) in [7, 11) is 0. The van der Waals surface area contributed by atoms with Crippen molar-refractivity contribution >= 4 is 29.8 Å². The molecule has 2 atom stereocenters. The second kappa shape index (κ2) is 5.61. The predicted octanol–water partition coefficient (Wildman–Crippen LogP) is 2.73. The molecule has 5 heterocycles. The van der Waals surface area contributed by atoms with Gasteiger partial charge in [-0.05, 0) is 24.1 Å². The minimum Gasteiger partial charge on any atom is -0.368 e. The van der Waals surface area contributed by atoms with Crippen LogP contribution in [0.15, 0.2) is 45.8 Å². The molecule has 4 aliphatic heterocycles. The molecule has 2 aromatic rings. The van der Waals surface area contributed by atoms with Crippen LogP contribution in [-0.4, -0.2) is 39.2 Å². The molecule has 10 heteroatoms. The fourth-order valence-corrected chi connectivity index (χ4v) is 4.15. The highest BCUT2D eigenvalue weighted by atomic mass is 35.5. The predicted molar refractivity (Wildman–Crippen MR) is 97.3 cm³/mol. The smallest absolute Gasteiger partial charge is 0.290 e. The zero-order valence-electron chi connectivity index (χ0n) is 14.3. The van der Waals surface area contributed by atoms with E-state index in [1.165, 1.54) is 0 Å². The highest BCUT2D eigenvalue weighted by Crippen LogP contribution is 2.46. The topological polar surface area (TPSA) is 73.5 Å². The third-order valence-electron chi connectivity index (χ3n) is 5.17. The molecule has 9 nitrogen and oxygen atoms in total. The molecule has 1 fully saturated rings. The van der Waals surface area contributed by atoms with Gasteiger partial charge in [0.25, 0.3) is 11.8 Å². The van der Waals surface area contributed by atoms with Crippen LogP contribution in [0.2, 0.25) is 0 Å². The van der Waals surface area contributed by atoms with Crippen molar-refractivity contribution in [1.29, 1.82) is 0 Å². The van der Waals surface area contributed by atoms with Gasteiger partial charge in [0.15, 0.2) is 6.17 Å². The van der Waals surface area contributed by atoms with Gasteiger partial charge in [-0.2, -0.15) is 4.98 Å². The van der Waals surface area contributed by atoms with Crippen molar-refractivity contribution in [2.45, 2.75) is 25.1 Å². The Morgan fingerprint density at radius 3 is 3.04 bits per heavy atom. The van der Waals surface area contributed by atoms with Crippen molar-refractivity contribution in [3.8, 4) is 0 Å². The molecule has 1 aromatic heterocycles. The summed E-state index contributed by atoms with van der Waals surface area (Å²) in [6.45, 7) is 1.28. The lowest BCUT2D eigenvalue weighted by Crippen LogP contribution is -2.47. The lowest BCUT2D eigenvalue weighted by atomic mass is 10.1. The molecule has 0 saturated carbocycles. The van der Waals surface area contributed by atoms with Crippen molar-refractivity contribution in [3.63, 3.8) is 0 Å². The molecule has 1 aromatic carbocycles. The molecule has 2 unspecified atom stereocenters. The van der Waals surface area contributed by atoms with E-state index < -0.39 is 0 Å². The van der Waals surface area contributed by atoms with E-state index >= 15 is 0 Å². The lowest BCUT2D eigenvalue weighted by Gasteiger charge is -2.41. The maximum Gasteiger partial charge on any atom is 0.290 e. The first-order valence-electron chi connectivity index (χ1n) is 8.87. The standard InChI is InChI=1S/C17H16ClN7O2/c18-22-8-14-23(10-22)12-5-2-1-4-11(12)15-19-9-24(25(14)15)17-20-16(27-21-17)13-6-3-7-26-13/h1-2,4-5,8-9,13,15H,3,6-7,10H2. The van der Waals surface area contributed by atoms with Crippen molar-refractivity contribution < 1.29 is 9.26 Å². The van der Waals surface area contributed by atoms with E-state index in [0.717, 1.165) is 36.5 Å². The second-order valence-corrected chi connectivity index (χ2v) is 7.21. The van der Waals surface area contributed by atoms with Gasteiger partial charge in [0.2, 0.25) is 0 Å². The summed E-state index contributed by atoms with van der Waals surface area (Å²) in [5.74, 6) is 1.85. The molecular weight excluding hydrogens is 370 g/mol. The van der Waals surface area contributed by atoms with Crippen LogP contribution < -0.4 is 9.91 Å². The van der Waals surface area contributed by atoms with Gasteiger partial charge in [0.05, 0.1) is 11.9 Å². The fraction of sp³-hybridized carbons (Fsp3) is 0.353. The number of halogens is 1. The molecule has 0 radical (unpaired) electrons. The van der Waals surface area contributed by atoms with E-state index in [4.69, 9.17) is 26.0 Å². The number of nitrogens with zero attached hydrogens (tertiary/aromatic N) is 7. The Morgan fingerprint density at radius 2 is 2.15 bits per heavy atom. The summed E-state index contributed by atoms with van der Waals surface area (Å²) in [6, 6.07) is 8.20. The number of hydrogen-bond acceptors (Lipinski definition) is 9. The van der Waals surface area contributed by atoms with E-state index in [9.17, 15) is 0 Å². The first kappa shape index (κ1) is 15.3. The molecule has 138 valence electrons. The van der Waals surface area contributed by atoms with E-state index in [2.05, 4.69) is 27.2 Å². The number of fused-ring (bicyclic) bond motifs is 6. The Morgan fingerprint density at radius 1 is 1.22 bits per heavy atom. The Kier molecular flexibility index (Phi) is 3.18. The minimum absolute atomic E-state index is 0.121. The van der Waals surface area contributed by atoms with Crippen LogP contribution >= 0.6 is 11.8 Å². The number of benzene rings is 1. The van der Waals surface area contributed by atoms with Gasteiger partial charge < -0.3 is 14.2 Å². The number of aliphatic imine (C=N–C) groups is 1. The maximum absolute atomic E-state index is 6.29. The average Bonchev–Trinajstić information content (AvgIpc) is 3.44. The summed E-state index contributed by atoms with van der Waals surface area (Å²) in [5.41, 5.74) is 2.20. The van der Waals surface area contributed by atoms with E-state index in [1.807, 2.05) is 23.3 Å². The maximum atomic E-state index is 6.29. The largest absolute Gasteiger partial charge is 0.368 e. The van der Waals surface area contributed by atoms with Gasteiger partial charge in [0.1, 0.15) is 24.9 Å². The number of hydrazine groups is 1. The van der Waals surface area contributed by atoms with Crippen LogP contribution in [0.1, 0.15) is 36.6 Å². The molecule has 0 spiro atoms. The summed E-state index contributed by atoms with van der Waals surface area (Å²) in [6.07, 6.45) is 5.20. The van der Waals surface area contributed by atoms with Gasteiger partial charge in [0, 0.05) is 23.9 Å². The quantitative estimate of drug-likeness (QED) is 0.730. The fourth-order valence-electron chi connectivity index (χ4n) is 3.96. The SMILES string of the molecule is ClN1C=C2N(C1)c1ccccc1C1N=CN(c3noc(C4CCCO4)n3)N21. The molecule has 0 aliphatic carbocycles. The zero-order valence-corrected chi connectivity index (χ0v) is 15.0. The first-order chi connectivity index (χ1) is 13.3. The second-order valence-electron chi connectivity index (χ2n) is 6.78. The normalized spacial score (nSPS) is 25.7. The Labute approximate surface area is 160 Å². The van der Waals surface area contributed by atoms with Crippen molar-refractivity contribution in [3.05, 3.63) is 47.7 Å². The molecule has 27 heavy (non-hydrogen) atoms.